The molecule has 0 aliphatic rings. The Hall–Kier alpha value is -1.62. The summed E-state index contributed by atoms with van der Waals surface area (Å²) >= 11 is 1.60. The second-order valence-corrected chi connectivity index (χ2v) is 4.69. The molecular formula is C12H14N2O2S. The summed E-state index contributed by atoms with van der Waals surface area (Å²) in [5.74, 6) is 0.0823. The molecule has 0 saturated carbocycles. The Balaban J connectivity index is 2.00. The Kier molecular flexibility index (Phi) is 3.58. The first-order chi connectivity index (χ1) is 8.18. The van der Waals surface area contributed by atoms with Crippen molar-refractivity contribution in [2.24, 2.45) is 0 Å². The van der Waals surface area contributed by atoms with Crippen LogP contribution in [-0.4, -0.2) is 23.0 Å². The maximum absolute atomic E-state index is 12.0. The predicted molar refractivity (Wildman–Crippen MR) is 65.7 cm³/mol. The zero-order chi connectivity index (χ0) is 12.3. The lowest BCUT2D eigenvalue weighted by molar-refractivity contribution is -0.131. The zero-order valence-electron chi connectivity index (χ0n) is 9.79. The topological polar surface area (TPSA) is 46.3 Å². The van der Waals surface area contributed by atoms with E-state index >= 15 is 0 Å². The maximum Gasteiger partial charge on any atom is 0.227 e. The normalized spacial score (nSPS) is 12.4. The van der Waals surface area contributed by atoms with Crippen LogP contribution >= 0.6 is 11.3 Å². The van der Waals surface area contributed by atoms with Crippen LogP contribution in [0.25, 0.3) is 0 Å². The molecule has 2 rings (SSSR count). The van der Waals surface area contributed by atoms with Gasteiger partial charge in [0.2, 0.25) is 5.91 Å². The molecule has 2 heterocycles. The van der Waals surface area contributed by atoms with Crippen LogP contribution < -0.4 is 0 Å². The number of amides is 1. The van der Waals surface area contributed by atoms with Crippen LogP contribution in [0.3, 0.4) is 0 Å². The quantitative estimate of drug-likeness (QED) is 0.837. The van der Waals surface area contributed by atoms with Crippen molar-refractivity contribution in [2.75, 3.05) is 7.05 Å². The predicted octanol–water partition coefficient (Wildman–Crippen LogP) is 2.50. The largest absolute Gasteiger partial charge is 0.364 e. The summed E-state index contributed by atoms with van der Waals surface area (Å²) in [6.45, 7) is 1.93. The number of hydrogen-bond donors (Lipinski definition) is 0. The Morgan fingerprint density at radius 2 is 2.41 bits per heavy atom. The molecule has 1 amide bonds. The summed E-state index contributed by atoms with van der Waals surface area (Å²) in [5, 5.41) is 7.82. The highest BCUT2D eigenvalue weighted by molar-refractivity contribution is 7.07. The van der Waals surface area contributed by atoms with Gasteiger partial charge in [0.25, 0.3) is 0 Å². The highest BCUT2D eigenvalue weighted by atomic mass is 32.1. The van der Waals surface area contributed by atoms with Gasteiger partial charge in [-0.25, -0.2) is 0 Å². The van der Waals surface area contributed by atoms with Gasteiger partial charge in [0, 0.05) is 13.1 Å². The van der Waals surface area contributed by atoms with E-state index in [1.165, 1.54) is 6.26 Å². The first kappa shape index (κ1) is 11.9. The molecule has 0 unspecified atom stereocenters. The van der Waals surface area contributed by atoms with Crippen molar-refractivity contribution in [3.05, 3.63) is 40.4 Å². The fourth-order valence-electron chi connectivity index (χ4n) is 1.54. The van der Waals surface area contributed by atoms with Crippen molar-refractivity contribution >= 4 is 17.2 Å². The monoisotopic (exact) mass is 250 g/mol. The van der Waals surface area contributed by atoms with Gasteiger partial charge < -0.3 is 9.42 Å². The minimum absolute atomic E-state index is 0.0696. The molecule has 0 aliphatic heterocycles. The summed E-state index contributed by atoms with van der Waals surface area (Å²) in [6.07, 6.45) is 1.95. The lowest BCUT2D eigenvalue weighted by atomic mass is 10.1. The van der Waals surface area contributed by atoms with Crippen LogP contribution in [0.4, 0.5) is 0 Å². The smallest absolute Gasteiger partial charge is 0.227 e. The van der Waals surface area contributed by atoms with Gasteiger partial charge >= 0.3 is 0 Å². The van der Waals surface area contributed by atoms with Gasteiger partial charge in [0.1, 0.15) is 12.0 Å². The van der Waals surface area contributed by atoms with Gasteiger partial charge in [0.05, 0.1) is 12.5 Å². The molecule has 0 N–H and O–H groups in total. The fraction of sp³-hybridized carbons (Fsp3) is 0.333. The summed E-state index contributed by atoms with van der Waals surface area (Å²) in [5.41, 5.74) is 1.82. The molecule has 2 aromatic heterocycles. The van der Waals surface area contributed by atoms with Crippen LogP contribution in [0.15, 0.2) is 33.7 Å². The van der Waals surface area contributed by atoms with E-state index in [0.717, 1.165) is 11.3 Å². The van der Waals surface area contributed by atoms with Gasteiger partial charge in [0.15, 0.2) is 0 Å². The Morgan fingerprint density at radius 3 is 3.00 bits per heavy atom. The van der Waals surface area contributed by atoms with Gasteiger partial charge in [-0.1, -0.05) is 5.16 Å². The summed E-state index contributed by atoms with van der Waals surface area (Å²) in [4.78, 5) is 13.7. The Morgan fingerprint density at radius 1 is 1.59 bits per heavy atom. The molecule has 0 aromatic carbocycles. The first-order valence-corrected chi connectivity index (χ1v) is 6.30. The summed E-state index contributed by atoms with van der Waals surface area (Å²) in [7, 11) is 1.79. The molecule has 90 valence electrons. The second kappa shape index (κ2) is 5.14. The third-order valence-corrected chi connectivity index (χ3v) is 3.53. The van der Waals surface area contributed by atoms with E-state index in [1.807, 2.05) is 23.8 Å². The van der Waals surface area contributed by atoms with E-state index in [0.29, 0.717) is 6.42 Å². The number of likely N-dealkylation sites (N-methyl/N-ethyl adjacent to an activating group) is 1. The standard InChI is InChI=1S/C12H14N2O2S/c1-9(11-3-5-16-13-11)14(2)12(15)7-10-4-6-17-8-10/h3-6,8-9H,7H2,1-2H3/t9-/m0/s1. The van der Waals surface area contributed by atoms with Crippen molar-refractivity contribution in [2.45, 2.75) is 19.4 Å². The SMILES string of the molecule is C[C@@H](c1ccon1)N(C)C(=O)Cc1ccsc1. The van der Waals surface area contributed by atoms with Gasteiger partial charge in [-0.3, -0.25) is 4.79 Å². The van der Waals surface area contributed by atoms with E-state index in [-0.39, 0.29) is 11.9 Å². The number of thiophene rings is 1. The van der Waals surface area contributed by atoms with Crippen LogP contribution in [0.5, 0.6) is 0 Å². The highest BCUT2D eigenvalue weighted by Gasteiger charge is 2.19. The van der Waals surface area contributed by atoms with E-state index < -0.39 is 0 Å². The summed E-state index contributed by atoms with van der Waals surface area (Å²) < 4.78 is 4.79. The average Bonchev–Trinajstić information content (AvgIpc) is 2.99. The molecule has 5 heteroatoms. The number of nitrogens with zero attached hydrogens (tertiary/aromatic N) is 2. The van der Waals surface area contributed by atoms with Gasteiger partial charge in [-0.2, -0.15) is 11.3 Å². The van der Waals surface area contributed by atoms with Crippen molar-refractivity contribution in [1.82, 2.24) is 10.1 Å². The van der Waals surface area contributed by atoms with Crippen LogP contribution in [0.1, 0.15) is 24.2 Å². The van der Waals surface area contributed by atoms with Gasteiger partial charge in [-0.15, -0.1) is 0 Å². The maximum atomic E-state index is 12.0. The van der Waals surface area contributed by atoms with Gasteiger partial charge in [-0.05, 0) is 29.3 Å². The molecule has 17 heavy (non-hydrogen) atoms. The number of carbonyl (C=O) groups excluding carboxylic acids is 1. The van der Waals surface area contributed by atoms with Crippen molar-refractivity contribution in [1.29, 1.82) is 0 Å². The van der Waals surface area contributed by atoms with E-state index in [9.17, 15) is 4.79 Å². The molecule has 0 aliphatic carbocycles. The number of carbonyl (C=O) groups is 1. The van der Waals surface area contributed by atoms with E-state index in [2.05, 4.69) is 5.16 Å². The molecule has 2 aromatic rings. The third kappa shape index (κ3) is 2.74. The lowest BCUT2D eigenvalue weighted by Gasteiger charge is -2.22. The molecule has 0 fully saturated rings. The van der Waals surface area contributed by atoms with E-state index in [4.69, 9.17) is 4.52 Å². The van der Waals surface area contributed by atoms with Crippen LogP contribution in [0.2, 0.25) is 0 Å². The van der Waals surface area contributed by atoms with E-state index in [1.54, 1.807) is 29.4 Å². The Labute approximate surface area is 104 Å². The molecule has 0 bridgehead atoms. The molecule has 0 radical (unpaired) electrons. The molecular weight excluding hydrogens is 236 g/mol. The zero-order valence-corrected chi connectivity index (χ0v) is 10.6. The minimum atomic E-state index is -0.0696. The van der Waals surface area contributed by atoms with Crippen molar-refractivity contribution < 1.29 is 9.32 Å². The number of hydrogen-bond acceptors (Lipinski definition) is 4. The van der Waals surface area contributed by atoms with Crippen LogP contribution in [-0.2, 0) is 11.2 Å². The highest BCUT2D eigenvalue weighted by Crippen LogP contribution is 2.18. The Bertz CT molecular complexity index is 465. The average molecular weight is 250 g/mol. The molecule has 0 spiro atoms. The summed E-state index contributed by atoms with van der Waals surface area (Å²) in [6, 6.07) is 3.68. The van der Waals surface area contributed by atoms with Crippen LogP contribution in [0, 0.1) is 0 Å². The molecule has 1 atom stereocenters. The first-order valence-electron chi connectivity index (χ1n) is 5.35. The molecule has 0 saturated heterocycles. The fourth-order valence-corrected chi connectivity index (χ4v) is 2.21. The lowest BCUT2D eigenvalue weighted by Crippen LogP contribution is -2.31. The minimum Gasteiger partial charge on any atom is -0.364 e. The third-order valence-electron chi connectivity index (χ3n) is 2.80. The number of aromatic nitrogens is 1. The van der Waals surface area contributed by atoms with Crippen molar-refractivity contribution in [3.63, 3.8) is 0 Å². The second-order valence-electron chi connectivity index (χ2n) is 3.91. The number of rotatable bonds is 4. The van der Waals surface area contributed by atoms with Crippen molar-refractivity contribution in [3.8, 4) is 0 Å². The molecule has 4 nitrogen and oxygen atoms in total.